The number of nitriles is 1. The van der Waals surface area contributed by atoms with Crippen LogP contribution in [0, 0.1) is 23.2 Å². The van der Waals surface area contributed by atoms with Crippen LogP contribution in [0.4, 0.5) is 5.82 Å². The first kappa shape index (κ1) is 15.7. The van der Waals surface area contributed by atoms with Crippen LogP contribution in [0.5, 0.6) is 0 Å². The number of carbonyl (C=O) groups is 1. The number of carbonyl (C=O) groups excluding carboxylic acids is 1. The Balaban J connectivity index is 1.40. The van der Waals surface area contributed by atoms with Crippen molar-refractivity contribution in [2.75, 3.05) is 6.54 Å². The Labute approximate surface area is 145 Å². The number of nitrogens with zero attached hydrogens (tertiary/aromatic N) is 3. The molecule has 0 aromatic carbocycles. The van der Waals surface area contributed by atoms with Gasteiger partial charge in [-0.25, -0.2) is 10.0 Å². The number of aromatic amines is 1. The lowest BCUT2D eigenvalue weighted by Crippen LogP contribution is -2.38. The van der Waals surface area contributed by atoms with Crippen molar-refractivity contribution < 1.29 is 4.79 Å². The first-order valence-corrected chi connectivity index (χ1v) is 8.67. The molecule has 3 aliphatic rings. The van der Waals surface area contributed by atoms with Crippen LogP contribution in [-0.2, 0) is 4.79 Å². The van der Waals surface area contributed by atoms with E-state index >= 15 is 0 Å². The first-order valence-electron chi connectivity index (χ1n) is 8.67. The summed E-state index contributed by atoms with van der Waals surface area (Å²) in [5.41, 5.74) is 9.97. The van der Waals surface area contributed by atoms with Crippen molar-refractivity contribution in [1.29, 1.82) is 5.26 Å². The SMILES string of the molecule is N#CCC(=O)NC[C@H]1CC[C@H](C2=C3c4cc[nH]c4N=CN3NN2)CC1. The molecule has 0 unspecified atom stereocenters. The zero-order valence-corrected chi connectivity index (χ0v) is 13.9. The molecule has 8 nitrogen and oxygen atoms in total. The van der Waals surface area contributed by atoms with Gasteiger partial charge in [-0.15, -0.1) is 5.53 Å². The Morgan fingerprint density at radius 1 is 1.40 bits per heavy atom. The van der Waals surface area contributed by atoms with E-state index in [0.717, 1.165) is 42.8 Å². The van der Waals surface area contributed by atoms with Gasteiger partial charge in [0.1, 0.15) is 18.6 Å². The van der Waals surface area contributed by atoms with Crippen LogP contribution < -0.4 is 16.3 Å². The maximum absolute atomic E-state index is 11.4. The molecular weight excluding hydrogens is 318 g/mol. The lowest BCUT2D eigenvalue weighted by Gasteiger charge is -2.29. The fourth-order valence-corrected chi connectivity index (χ4v) is 3.84. The average Bonchev–Trinajstić information content (AvgIpc) is 3.26. The summed E-state index contributed by atoms with van der Waals surface area (Å²) in [7, 11) is 0. The van der Waals surface area contributed by atoms with Gasteiger partial charge in [0.15, 0.2) is 0 Å². The molecule has 1 saturated carbocycles. The van der Waals surface area contributed by atoms with Crippen LogP contribution in [0.1, 0.15) is 37.7 Å². The van der Waals surface area contributed by atoms with Gasteiger partial charge in [-0.2, -0.15) is 5.26 Å². The number of aliphatic imine (C=N–C) groups is 1. The number of nitrogens with one attached hydrogen (secondary N) is 4. The second kappa shape index (κ2) is 6.61. The third-order valence-corrected chi connectivity index (χ3v) is 5.17. The molecule has 0 radical (unpaired) electrons. The van der Waals surface area contributed by atoms with Crippen molar-refractivity contribution in [2.24, 2.45) is 16.8 Å². The summed E-state index contributed by atoms with van der Waals surface area (Å²) in [5, 5.41) is 13.3. The number of amides is 1. The molecule has 130 valence electrons. The summed E-state index contributed by atoms with van der Waals surface area (Å²) in [6, 6.07) is 3.94. The highest BCUT2D eigenvalue weighted by atomic mass is 16.1. The Morgan fingerprint density at radius 3 is 3.04 bits per heavy atom. The van der Waals surface area contributed by atoms with Crippen molar-refractivity contribution in [3.8, 4) is 6.07 Å². The molecule has 0 atom stereocenters. The molecule has 1 aromatic heterocycles. The summed E-state index contributed by atoms with van der Waals surface area (Å²) in [4.78, 5) is 19.0. The van der Waals surface area contributed by atoms with Crippen molar-refractivity contribution in [1.82, 2.24) is 26.3 Å². The van der Waals surface area contributed by atoms with Crippen LogP contribution >= 0.6 is 0 Å². The second-order valence-corrected chi connectivity index (χ2v) is 6.71. The molecule has 25 heavy (non-hydrogen) atoms. The summed E-state index contributed by atoms with van der Waals surface area (Å²) >= 11 is 0. The van der Waals surface area contributed by atoms with Gasteiger partial charge >= 0.3 is 0 Å². The number of hydrazine groups is 2. The Kier molecular flexibility index (Phi) is 4.15. The Hall–Kier alpha value is -2.79. The number of allylic oxidation sites excluding steroid dienone is 1. The molecule has 1 amide bonds. The molecule has 8 heteroatoms. The molecule has 1 fully saturated rings. The maximum atomic E-state index is 11.4. The van der Waals surface area contributed by atoms with Gasteiger partial charge in [-0.3, -0.25) is 4.79 Å². The van der Waals surface area contributed by atoms with Gasteiger partial charge in [-0.05, 0) is 37.7 Å². The van der Waals surface area contributed by atoms with E-state index in [1.165, 1.54) is 5.70 Å². The Bertz CT molecular complexity index is 764. The molecule has 4 N–H and O–H groups in total. The van der Waals surface area contributed by atoms with E-state index in [9.17, 15) is 4.79 Å². The van der Waals surface area contributed by atoms with E-state index in [2.05, 4.69) is 32.3 Å². The number of aromatic nitrogens is 1. The summed E-state index contributed by atoms with van der Waals surface area (Å²) in [6.07, 6.45) is 7.94. The second-order valence-electron chi connectivity index (χ2n) is 6.71. The normalized spacial score (nSPS) is 24.4. The number of hydrogen-bond acceptors (Lipinski definition) is 6. The third kappa shape index (κ3) is 2.98. The lowest BCUT2D eigenvalue weighted by atomic mass is 9.79. The fraction of sp³-hybridized carbons (Fsp3) is 0.471. The van der Waals surface area contributed by atoms with E-state index in [-0.39, 0.29) is 12.3 Å². The standard InChI is InChI=1S/C17H21N7O/c18-7-5-14(25)20-9-11-1-3-12(4-2-11)15-16-13-6-8-19-17(13)21-10-24(16)23-22-15/h6,8,10-12,19,22-23H,1-5,9H2,(H,20,25)/t11-,12-. The molecule has 0 bridgehead atoms. The highest BCUT2D eigenvalue weighted by Crippen LogP contribution is 2.40. The quantitative estimate of drug-likeness (QED) is 0.665. The molecule has 1 aromatic rings. The van der Waals surface area contributed by atoms with E-state index < -0.39 is 0 Å². The first-order chi connectivity index (χ1) is 12.3. The van der Waals surface area contributed by atoms with Crippen molar-refractivity contribution in [3.63, 3.8) is 0 Å². The van der Waals surface area contributed by atoms with Gasteiger partial charge < -0.3 is 15.7 Å². The Morgan fingerprint density at radius 2 is 2.24 bits per heavy atom. The smallest absolute Gasteiger partial charge is 0.234 e. The highest BCUT2D eigenvalue weighted by molar-refractivity contribution is 5.87. The fourth-order valence-electron chi connectivity index (χ4n) is 3.84. The van der Waals surface area contributed by atoms with Crippen molar-refractivity contribution in [2.45, 2.75) is 32.1 Å². The monoisotopic (exact) mass is 339 g/mol. The summed E-state index contributed by atoms with van der Waals surface area (Å²) in [5.74, 6) is 1.68. The minimum atomic E-state index is -0.173. The van der Waals surface area contributed by atoms with E-state index in [1.54, 1.807) is 6.34 Å². The van der Waals surface area contributed by atoms with Gasteiger partial charge in [0, 0.05) is 24.2 Å². The van der Waals surface area contributed by atoms with Crippen LogP contribution in [0.2, 0.25) is 0 Å². The zero-order chi connectivity index (χ0) is 17.2. The van der Waals surface area contributed by atoms with Crippen LogP contribution in [-0.4, -0.2) is 28.8 Å². The largest absolute Gasteiger partial charge is 0.355 e. The van der Waals surface area contributed by atoms with E-state index in [0.29, 0.717) is 18.4 Å². The van der Waals surface area contributed by atoms with Crippen molar-refractivity contribution >= 4 is 23.8 Å². The predicted octanol–water partition coefficient (Wildman–Crippen LogP) is 1.52. The van der Waals surface area contributed by atoms with Gasteiger partial charge in [0.25, 0.3) is 0 Å². The molecule has 1 aliphatic carbocycles. The highest BCUT2D eigenvalue weighted by Gasteiger charge is 2.34. The molecule has 0 saturated heterocycles. The minimum Gasteiger partial charge on any atom is -0.355 e. The van der Waals surface area contributed by atoms with Crippen LogP contribution in [0.15, 0.2) is 23.0 Å². The number of H-pyrrole nitrogens is 1. The minimum absolute atomic E-state index is 0.0580. The average molecular weight is 339 g/mol. The van der Waals surface area contributed by atoms with E-state index in [4.69, 9.17) is 5.26 Å². The molecular formula is C17H21N7O. The molecule has 4 rings (SSSR count). The number of hydrogen-bond donors (Lipinski definition) is 4. The van der Waals surface area contributed by atoms with Gasteiger partial charge in [-0.1, -0.05) is 0 Å². The maximum Gasteiger partial charge on any atom is 0.234 e. The topological polar surface area (TPSA) is 108 Å². The molecule has 0 spiro atoms. The van der Waals surface area contributed by atoms with Gasteiger partial charge in [0.05, 0.1) is 17.5 Å². The number of rotatable bonds is 4. The predicted molar refractivity (Wildman–Crippen MR) is 92.7 cm³/mol. The van der Waals surface area contributed by atoms with Gasteiger partial charge in [0.2, 0.25) is 5.91 Å². The molecule has 2 aliphatic heterocycles. The van der Waals surface area contributed by atoms with Crippen LogP contribution in [0.25, 0.3) is 5.70 Å². The molecule has 3 heterocycles. The lowest BCUT2D eigenvalue weighted by molar-refractivity contribution is -0.120. The third-order valence-electron chi connectivity index (χ3n) is 5.17. The summed E-state index contributed by atoms with van der Waals surface area (Å²) < 4.78 is 0. The van der Waals surface area contributed by atoms with E-state index in [1.807, 2.05) is 17.3 Å². The van der Waals surface area contributed by atoms with Crippen LogP contribution in [0.3, 0.4) is 0 Å². The van der Waals surface area contributed by atoms with Crippen molar-refractivity contribution in [3.05, 3.63) is 23.5 Å². The summed E-state index contributed by atoms with van der Waals surface area (Å²) in [6.45, 7) is 0.672. The zero-order valence-electron chi connectivity index (χ0n) is 13.9. The number of fused-ring (bicyclic) bond motifs is 3.